The van der Waals surface area contributed by atoms with Crippen molar-refractivity contribution in [3.05, 3.63) is 46.0 Å². The van der Waals surface area contributed by atoms with Crippen molar-refractivity contribution in [3.8, 4) is 0 Å². The summed E-state index contributed by atoms with van der Waals surface area (Å²) >= 11 is 1.51. The average Bonchev–Trinajstić information content (AvgIpc) is 2.94. The number of benzene rings is 1. The van der Waals surface area contributed by atoms with Gasteiger partial charge in [-0.3, -0.25) is 10.1 Å². The van der Waals surface area contributed by atoms with Gasteiger partial charge in [0.05, 0.1) is 20.7 Å². The van der Waals surface area contributed by atoms with Crippen molar-refractivity contribution in [1.82, 2.24) is 9.97 Å². The Morgan fingerprint density at radius 3 is 2.90 bits per heavy atom. The summed E-state index contributed by atoms with van der Waals surface area (Å²) in [5.41, 5.74) is 3.32. The fourth-order valence-electron chi connectivity index (χ4n) is 1.90. The number of nitro groups is 1. The van der Waals surface area contributed by atoms with Crippen LogP contribution in [0.3, 0.4) is 0 Å². The van der Waals surface area contributed by atoms with Gasteiger partial charge < -0.3 is 10.6 Å². The topological polar surface area (TPSA) is 93.0 Å². The maximum absolute atomic E-state index is 11.1. The van der Waals surface area contributed by atoms with E-state index in [9.17, 15) is 10.1 Å². The van der Waals surface area contributed by atoms with Gasteiger partial charge in [-0.15, -0.1) is 11.3 Å². The third-order valence-electron chi connectivity index (χ3n) is 2.92. The van der Waals surface area contributed by atoms with Gasteiger partial charge in [-0.05, 0) is 24.3 Å². The van der Waals surface area contributed by atoms with Gasteiger partial charge in [0.1, 0.15) is 5.82 Å². The molecule has 7 nitrogen and oxygen atoms in total. The molecule has 0 spiro atoms. The van der Waals surface area contributed by atoms with Gasteiger partial charge in [0, 0.05) is 18.8 Å². The number of hydrogen-bond donors (Lipinski definition) is 2. The van der Waals surface area contributed by atoms with Crippen molar-refractivity contribution in [3.63, 3.8) is 0 Å². The molecule has 0 fully saturated rings. The minimum absolute atomic E-state index is 0.0709. The summed E-state index contributed by atoms with van der Waals surface area (Å²) in [7, 11) is 1.71. The van der Waals surface area contributed by atoms with Crippen LogP contribution in [0.2, 0.25) is 0 Å². The quantitative estimate of drug-likeness (QED) is 0.567. The summed E-state index contributed by atoms with van der Waals surface area (Å²) in [4.78, 5) is 19.0. The molecule has 0 aliphatic rings. The van der Waals surface area contributed by atoms with Crippen LogP contribution in [-0.4, -0.2) is 21.9 Å². The first-order valence-corrected chi connectivity index (χ1v) is 6.99. The zero-order valence-electron chi connectivity index (χ0n) is 11.0. The van der Waals surface area contributed by atoms with E-state index in [1.54, 1.807) is 18.6 Å². The molecule has 21 heavy (non-hydrogen) atoms. The maximum atomic E-state index is 11.1. The highest BCUT2D eigenvalue weighted by Crippen LogP contribution is 2.29. The molecule has 1 aromatic carbocycles. The Bertz CT molecular complexity index is 817. The molecule has 0 unspecified atom stereocenters. The third kappa shape index (κ3) is 2.61. The lowest BCUT2D eigenvalue weighted by Crippen LogP contribution is -2.02. The van der Waals surface area contributed by atoms with E-state index >= 15 is 0 Å². The van der Waals surface area contributed by atoms with Crippen molar-refractivity contribution >= 4 is 44.6 Å². The number of fused-ring (bicyclic) bond motifs is 1. The second kappa shape index (κ2) is 5.33. The molecule has 0 aliphatic carbocycles. The number of hydrogen-bond acceptors (Lipinski definition) is 7. The first-order valence-electron chi connectivity index (χ1n) is 6.11. The van der Waals surface area contributed by atoms with E-state index in [1.807, 2.05) is 18.2 Å². The molecule has 106 valence electrons. The molecule has 0 atom stereocenters. The van der Waals surface area contributed by atoms with Crippen molar-refractivity contribution in [2.24, 2.45) is 0 Å². The summed E-state index contributed by atoms with van der Waals surface area (Å²) in [6.45, 7) is 0. The van der Waals surface area contributed by atoms with Gasteiger partial charge in [-0.1, -0.05) is 0 Å². The Hall–Kier alpha value is -2.74. The highest BCUT2D eigenvalue weighted by Gasteiger charge is 2.16. The van der Waals surface area contributed by atoms with Crippen LogP contribution in [0, 0.1) is 10.1 Å². The molecule has 0 saturated heterocycles. The van der Waals surface area contributed by atoms with Crippen LogP contribution in [0.1, 0.15) is 0 Å². The smallest absolute Gasteiger partial charge is 0.311 e. The normalized spacial score (nSPS) is 10.5. The number of nitrogens with one attached hydrogen (secondary N) is 2. The number of thiazole rings is 1. The molecule has 2 N–H and O–H groups in total. The minimum atomic E-state index is -0.458. The van der Waals surface area contributed by atoms with E-state index in [0.717, 1.165) is 15.9 Å². The summed E-state index contributed by atoms with van der Waals surface area (Å²) in [6, 6.07) is 8.56. The Kier molecular flexibility index (Phi) is 3.36. The van der Waals surface area contributed by atoms with Crippen molar-refractivity contribution < 1.29 is 4.92 Å². The van der Waals surface area contributed by atoms with Gasteiger partial charge in [-0.25, -0.2) is 9.97 Å². The molecule has 3 aromatic rings. The van der Waals surface area contributed by atoms with Gasteiger partial charge in [0.15, 0.2) is 0 Å². The predicted octanol–water partition coefficient (Wildman–Crippen LogP) is 3.38. The van der Waals surface area contributed by atoms with Gasteiger partial charge in [0.2, 0.25) is 5.82 Å². The number of anilines is 3. The number of nitrogens with zero attached hydrogens (tertiary/aromatic N) is 3. The maximum Gasteiger partial charge on any atom is 0.311 e. The van der Waals surface area contributed by atoms with E-state index in [2.05, 4.69) is 20.6 Å². The van der Waals surface area contributed by atoms with Crippen LogP contribution in [-0.2, 0) is 0 Å². The lowest BCUT2D eigenvalue weighted by atomic mass is 10.3. The summed E-state index contributed by atoms with van der Waals surface area (Å²) in [6.07, 6.45) is 0. The fraction of sp³-hybridized carbons (Fsp3) is 0.0769. The SMILES string of the molecule is CNc1ccc([N+](=O)[O-])c(Nc2ccc3ncsc3c2)n1. The van der Waals surface area contributed by atoms with Crippen LogP contribution >= 0.6 is 11.3 Å². The summed E-state index contributed by atoms with van der Waals surface area (Å²) in [5, 5.41) is 16.9. The molecule has 0 saturated carbocycles. The van der Waals surface area contributed by atoms with E-state index in [0.29, 0.717) is 5.82 Å². The van der Waals surface area contributed by atoms with Crippen LogP contribution in [0.25, 0.3) is 10.2 Å². The lowest BCUT2D eigenvalue weighted by Gasteiger charge is -2.08. The second-order valence-electron chi connectivity index (χ2n) is 4.23. The average molecular weight is 301 g/mol. The predicted molar refractivity (Wildman–Crippen MR) is 83.3 cm³/mol. The molecule has 0 bridgehead atoms. The minimum Gasteiger partial charge on any atom is -0.373 e. The number of aromatic nitrogens is 2. The van der Waals surface area contributed by atoms with Gasteiger partial charge in [0.25, 0.3) is 0 Å². The Morgan fingerprint density at radius 1 is 1.29 bits per heavy atom. The Morgan fingerprint density at radius 2 is 2.14 bits per heavy atom. The fourth-order valence-corrected chi connectivity index (χ4v) is 2.62. The number of pyridine rings is 1. The highest BCUT2D eigenvalue weighted by molar-refractivity contribution is 7.16. The lowest BCUT2D eigenvalue weighted by molar-refractivity contribution is -0.384. The van der Waals surface area contributed by atoms with Gasteiger partial charge in [-0.2, -0.15) is 0 Å². The Labute approximate surface area is 123 Å². The van der Waals surface area contributed by atoms with E-state index in [1.165, 1.54) is 17.4 Å². The summed E-state index contributed by atoms with van der Waals surface area (Å²) in [5.74, 6) is 0.762. The van der Waals surface area contributed by atoms with Gasteiger partial charge >= 0.3 is 5.69 Å². The molecule has 8 heteroatoms. The van der Waals surface area contributed by atoms with Crippen LogP contribution in [0.5, 0.6) is 0 Å². The number of rotatable bonds is 4. The molecule has 0 amide bonds. The van der Waals surface area contributed by atoms with Crippen LogP contribution < -0.4 is 10.6 Å². The standard InChI is InChI=1S/C13H11N5O2S/c1-14-12-5-4-10(18(19)20)13(17-12)16-8-2-3-9-11(6-8)21-7-15-9/h2-7H,1H3,(H2,14,16,17). The molecule has 2 heterocycles. The van der Waals surface area contributed by atoms with Crippen molar-refractivity contribution in [2.75, 3.05) is 17.7 Å². The molecular formula is C13H11N5O2S. The first kappa shape index (κ1) is 13.3. The monoisotopic (exact) mass is 301 g/mol. The summed E-state index contributed by atoms with van der Waals surface area (Å²) < 4.78 is 1.01. The van der Waals surface area contributed by atoms with Crippen molar-refractivity contribution in [1.29, 1.82) is 0 Å². The highest BCUT2D eigenvalue weighted by atomic mass is 32.1. The first-order chi connectivity index (χ1) is 10.2. The third-order valence-corrected chi connectivity index (χ3v) is 3.71. The molecule has 0 aliphatic heterocycles. The molecule has 0 radical (unpaired) electrons. The van der Waals surface area contributed by atoms with E-state index in [4.69, 9.17) is 0 Å². The van der Waals surface area contributed by atoms with Crippen molar-refractivity contribution in [2.45, 2.75) is 0 Å². The van der Waals surface area contributed by atoms with E-state index in [-0.39, 0.29) is 11.5 Å². The zero-order chi connectivity index (χ0) is 14.8. The Balaban J connectivity index is 2.00. The van der Waals surface area contributed by atoms with Crippen LogP contribution in [0.15, 0.2) is 35.8 Å². The zero-order valence-corrected chi connectivity index (χ0v) is 11.8. The van der Waals surface area contributed by atoms with E-state index < -0.39 is 4.92 Å². The molecule has 3 rings (SSSR count). The molecular weight excluding hydrogens is 290 g/mol. The largest absolute Gasteiger partial charge is 0.373 e. The second-order valence-corrected chi connectivity index (χ2v) is 5.12. The van der Waals surface area contributed by atoms with Crippen LogP contribution in [0.4, 0.5) is 23.0 Å². The molecule has 2 aromatic heterocycles.